The van der Waals surface area contributed by atoms with Crippen LogP contribution < -0.4 is 5.73 Å². The molecule has 0 unspecified atom stereocenters. The van der Waals surface area contributed by atoms with Crippen molar-refractivity contribution in [3.63, 3.8) is 0 Å². The van der Waals surface area contributed by atoms with Gasteiger partial charge in [0, 0.05) is 40.4 Å². The highest BCUT2D eigenvalue weighted by molar-refractivity contribution is 4.97. The highest BCUT2D eigenvalue weighted by atomic mass is 16.8. The fourth-order valence-corrected chi connectivity index (χ4v) is 0.778. The van der Waals surface area contributed by atoms with Gasteiger partial charge in [0.2, 0.25) is 0 Å². The molecule has 1 heterocycles. The van der Waals surface area contributed by atoms with E-state index in [0.717, 1.165) is 0 Å². The number of nitrogens with zero attached hydrogens (tertiary/aromatic N) is 1. The number of nitrogens with two attached hydrogens (primary N) is 1. The van der Waals surface area contributed by atoms with Crippen molar-refractivity contribution in [1.82, 2.24) is 5.06 Å². The summed E-state index contributed by atoms with van der Waals surface area (Å²) in [6.07, 6.45) is -8.45. The summed E-state index contributed by atoms with van der Waals surface area (Å²) in [4.78, 5) is 0. The molecule has 1 fully saturated rings. The molecular weight excluding hydrogens is 153 g/mol. The van der Waals surface area contributed by atoms with Crippen LogP contribution in [0.4, 0.5) is 0 Å². The quantitative estimate of drug-likeness (QED) is 0.567. The third-order valence-electron chi connectivity index (χ3n) is 1.27. The van der Waals surface area contributed by atoms with Gasteiger partial charge in [-0.05, 0) is 40.2 Å². The van der Waals surface area contributed by atoms with Gasteiger partial charge in [-0.15, -0.1) is 0 Å². The summed E-state index contributed by atoms with van der Waals surface area (Å²) in [7, 11) is 0. The molecular formula is C9H20N2O. The van der Waals surface area contributed by atoms with Crippen LogP contribution in [0.5, 0.6) is 0 Å². The molecule has 0 amide bonds. The Balaban J connectivity index is 4.52. The predicted molar refractivity (Wildman–Crippen MR) is 49.0 cm³/mol. The van der Waals surface area contributed by atoms with E-state index in [4.69, 9.17) is 29.0 Å². The first-order valence-electron chi connectivity index (χ1n) is 11.4. The van der Waals surface area contributed by atoms with E-state index in [1.165, 1.54) is 0 Å². The molecule has 1 aliphatic rings. The first-order valence-corrected chi connectivity index (χ1v) is 2.94. The lowest BCUT2D eigenvalue weighted by atomic mass is 9.83. The van der Waals surface area contributed by atoms with Crippen molar-refractivity contribution in [1.29, 1.82) is 0 Å². The summed E-state index contributed by atoms with van der Waals surface area (Å²) in [5.41, 5.74) is -3.40. The Bertz CT molecular complexity index is 570. The molecule has 3 nitrogen and oxygen atoms in total. The Kier molecular flexibility index (Phi) is 0.378. The number of hydrogen-bond acceptors (Lipinski definition) is 3. The SMILES string of the molecule is [2H]C([2H])([2H])C1(C([2H])([2H])[2H])[15N](O)C(C([2H])([2H])[2H])(C([2H])([2H])[2H])C([2H])([2H])C([2H])(N)C1([2H])[2H]. The fraction of sp³-hybridized carbons (Fsp3) is 1.00. The van der Waals surface area contributed by atoms with E-state index in [0.29, 0.717) is 0 Å². The van der Waals surface area contributed by atoms with Crippen LogP contribution in [0.25, 0.3) is 0 Å². The van der Waals surface area contributed by atoms with Gasteiger partial charge in [-0.3, -0.25) is 0 Å². The molecule has 3 heteroatoms. The lowest BCUT2D eigenvalue weighted by molar-refractivity contribution is -0.244. The largest absolute Gasteiger partial charge is 0.328 e. The Morgan fingerprint density at radius 1 is 1.50 bits per heavy atom. The minimum Gasteiger partial charge on any atom is -0.328 e. The average Bonchev–Trinajstić information content (AvgIpc) is 2.29. The van der Waals surface area contributed by atoms with Crippen LogP contribution >= 0.6 is 0 Å². The average molecular weight is 190 g/mol. The lowest BCUT2D eigenvalue weighted by Crippen LogP contribution is -2.61. The molecule has 1 rings (SSSR count). The first-order chi connectivity index (χ1) is 12.2. The van der Waals surface area contributed by atoms with E-state index in [-0.39, 0.29) is 0 Å². The summed E-state index contributed by atoms with van der Waals surface area (Å²) in [5, 5.41) is 9.47. The van der Waals surface area contributed by atoms with Crippen LogP contribution in [0.1, 0.15) is 63.5 Å². The fourth-order valence-electron chi connectivity index (χ4n) is 0.778. The van der Waals surface area contributed by atoms with Gasteiger partial charge in [-0.25, -0.2) is 0 Å². The van der Waals surface area contributed by atoms with Crippen molar-refractivity contribution in [3.8, 4) is 0 Å². The molecule has 0 aromatic rings. The molecule has 0 aromatic heterocycles. The number of hydroxylamine groups is 2. The maximum Gasteiger partial charge on any atom is 0.0464 e. The van der Waals surface area contributed by atoms with Crippen molar-refractivity contribution in [2.75, 3.05) is 0 Å². The number of rotatable bonds is 0. The Labute approximate surface area is 98.4 Å². The van der Waals surface area contributed by atoms with Crippen LogP contribution in [0.2, 0.25) is 0 Å². The minimum absolute atomic E-state index is 1.28. The van der Waals surface area contributed by atoms with Crippen molar-refractivity contribution < 1.29 is 28.5 Å². The van der Waals surface area contributed by atoms with Crippen LogP contribution in [-0.4, -0.2) is 27.4 Å². The molecule has 72 valence electrons. The molecule has 1 saturated heterocycles. The van der Waals surface area contributed by atoms with Crippen LogP contribution in [-0.2, 0) is 0 Å². The summed E-state index contributed by atoms with van der Waals surface area (Å²) >= 11 is 0. The summed E-state index contributed by atoms with van der Waals surface area (Å²) in [6.45, 7) is -16.8. The van der Waals surface area contributed by atoms with Gasteiger partial charge in [-0.1, -0.05) is 0 Å². The van der Waals surface area contributed by atoms with E-state index < -0.39 is 62.3 Å². The molecule has 1 aliphatic heterocycles. The molecule has 0 atom stereocenters. The zero-order chi connectivity index (χ0) is 24.1. The summed E-state index contributed by atoms with van der Waals surface area (Å²) in [5.74, 6) is 0. The topological polar surface area (TPSA) is 49.5 Å². The third-order valence-corrected chi connectivity index (χ3v) is 1.27. The van der Waals surface area contributed by atoms with E-state index in [1.807, 2.05) is 0 Å². The standard InChI is InChI=1S/C9H20N2O/c1-8(2)5-7(10)6-9(3,4)11(8)12/h7,12H,5-6,10H2,1-4H3/i1D3,2D3,3D3,4D3,5D2,6D2,7D,11+1. The highest BCUT2D eigenvalue weighted by Gasteiger charge is 2.43. The monoisotopic (exact) mass is 190 g/mol. The Morgan fingerprint density at radius 2 is 1.92 bits per heavy atom. The highest BCUT2D eigenvalue weighted by Crippen LogP contribution is 2.35. The smallest absolute Gasteiger partial charge is 0.0464 e. The maximum absolute atomic E-state index is 10.8. The Hall–Kier alpha value is -0.120. The molecule has 0 aromatic carbocycles. The van der Waals surface area contributed by atoms with E-state index in [1.54, 1.807) is 0 Å². The van der Waals surface area contributed by atoms with E-state index >= 15 is 0 Å². The molecule has 0 spiro atoms. The second-order valence-corrected chi connectivity index (χ2v) is 2.40. The second kappa shape index (κ2) is 2.69. The predicted octanol–water partition coefficient (Wildman–Crippen LogP) is 1.36. The van der Waals surface area contributed by atoms with Crippen molar-refractivity contribution >= 4 is 0 Å². The van der Waals surface area contributed by atoms with Gasteiger partial charge in [-0.2, -0.15) is 5.06 Å². The molecule has 3 N–H and O–H groups in total. The summed E-state index contributed by atoms with van der Waals surface area (Å²) in [6, 6.07) is -4.08. The van der Waals surface area contributed by atoms with Crippen LogP contribution in [0, 0.1) is 0 Å². The minimum atomic E-state index is -4.40. The van der Waals surface area contributed by atoms with Crippen molar-refractivity contribution in [3.05, 3.63) is 0 Å². The van der Waals surface area contributed by atoms with Gasteiger partial charge < -0.3 is 10.9 Å². The molecule has 12 heavy (non-hydrogen) atoms. The number of hydrogen-bond donors (Lipinski definition) is 2. The van der Waals surface area contributed by atoms with Crippen LogP contribution in [0.15, 0.2) is 0 Å². The molecule has 0 bridgehead atoms. The normalized spacial score (nSPS) is 66.7. The Morgan fingerprint density at radius 3 is 2.25 bits per heavy atom. The van der Waals surface area contributed by atoms with E-state index in [9.17, 15) is 5.21 Å². The zero-order valence-corrected chi connectivity index (χ0v) is 5.97. The van der Waals surface area contributed by atoms with Gasteiger partial charge in [0.1, 0.15) is 0 Å². The van der Waals surface area contributed by atoms with Gasteiger partial charge >= 0.3 is 0 Å². The first kappa shape index (κ1) is 1.69. The molecule has 0 aliphatic carbocycles. The maximum atomic E-state index is 10.8. The molecule has 0 saturated carbocycles. The second-order valence-electron chi connectivity index (χ2n) is 2.40. The van der Waals surface area contributed by atoms with Gasteiger partial charge in [0.05, 0.1) is 0 Å². The summed E-state index contributed by atoms with van der Waals surface area (Å²) < 4.78 is 132. The number of piperidine rings is 1. The third kappa shape index (κ3) is 1.63. The van der Waals surface area contributed by atoms with Gasteiger partial charge in [0.15, 0.2) is 0 Å². The van der Waals surface area contributed by atoms with Crippen LogP contribution in [0.3, 0.4) is 0 Å². The van der Waals surface area contributed by atoms with E-state index in [2.05, 4.69) is 0 Å². The molecule has 0 radical (unpaired) electrons. The van der Waals surface area contributed by atoms with Gasteiger partial charge in [0.25, 0.3) is 0 Å². The lowest BCUT2D eigenvalue weighted by Gasteiger charge is -2.50. The van der Waals surface area contributed by atoms with Crippen molar-refractivity contribution in [2.24, 2.45) is 5.73 Å². The zero-order valence-electron chi connectivity index (χ0n) is 23.0. The van der Waals surface area contributed by atoms with Crippen molar-refractivity contribution in [2.45, 2.75) is 57.2 Å².